The largest absolute Gasteiger partial charge is 0.491 e. The van der Waals surface area contributed by atoms with Gasteiger partial charge in [-0.3, -0.25) is 4.79 Å². The van der Waals surface area contributed by atoms with Crippen molar-refractivity contribution in [2.75, 3.05) is 37.7 Å². The number of nitrogens with zero attached hydrogens (tertiary/aromatic N) is 3. The normalized spacial score (nSPS) is 22.5. The molecule has 1 amide bonds. The van der Waals surface area contributed by atoms with Crippen LogP contribution in [0.15, 0.2) is 59.5 Å². The molecule has 3 saturated heterocycles. The Balaban J connectivity index is 1.14. The van der Waals surface area contributed by atoms with E-state index in [4.69, 9.17) is 16.3 Å². The Morgan fingerprint density at radius 1 is 0.907 bits per heavy atom. The number of piperazine rings is 1. The molecule has 3 aromatic rings. The van der Waals surface area contributed by atoms with Crippen molar-refractivity contribution in [3.8, 4) is 5.75 Å². The van der Waals surface area contributed by atoms with Gasteiger partial charge >= 0.3 is 0 Å². The van der Waals surface area contributed by atoms with Crippen LogP contribution in [0.4, 0.5) is 14.5 Å². The van der Waals surface area contributed by atoms with Gasteiger partial charge in [0.15, 0.2) is 11.6 Å². The number of sulfonamides is 1. The van der Waals surface area contributed by atoms with Crippen LogP contribution in [-0.4, -0.2) is 68.4 Å². The van der Waals surface area contributed by atoms with Crippen molar-refractivity contribution in [1.82, 2.24) is 9.21 Å². The van der Waals surface area contributed by atoms with Crippen LogP contribution in [0, 0.1) is 11.6 Å². The molecule has 0 unspecified atom stereocenters. The summed E-state index contributed by atoms with van der Waals surface area (Å²) in [7, 11) is -3.73. The van der Waals surface area contributed by atoms with Gasteiger partial charge in [-0.05, 0) is 61.4 Å². The van der Waals surface area contributed by atoms with Crippen LogP contribution in [0.5, 0.6) is 5.75 Å². The molecular weight excluding hydrogens is 596 g/mol. The number of anilines is 1. The zero-order chi connectivity index (χ0) is 29.9. The minimum absolute atomic E-state index is 0.0678. The summed E-state index contributed by atoms with van der Waals surface area (Å²) in [6, 6.07) is 15.3. The molecule has 226 valence electrons. The summed E-state index contributed by atoms with van der Waals surface area (Å²) in [5.74, 6) is -1.62. The molecule has 3 fully saturated rings. The molecule has 7 rings (SSSR count). The molecule has 0 spiro atoms. The number of hydrogen-bond donors (Lipinski definition) is 0. The highest BCUT2D eigenvalue weighted by Crippen LogP contribution is 2.45. The van der Waals surface area contributed by atoms with E-state index < -0.39 is 27.6 Å². The van der Waals surface area contributed by atoms with Crippen molar-refractivity contribution < 1.29 is 26.7 Å². The predicted octanol–water partition coefficient (Wildman–Crippen LogP) is 5.61. The van der Waals surface area contributed by atoms with Crippen LogP contribution >= 0.6 is 11.6 Å². The first-order valence-corrected chi connectivity index (χ1v) is 16.6. The molecule has 3 aromatic carbocycles. The summed E-state index contributed by atoms with van der Waals surface area (Å²) in [5, 5.41) is -0.129. The number of halogens is 3. The zero-order valence-corrected chi connectivity index (χ0v) is 25.1. The predicted molar refractivity (Wildman–Crippen MR) is 159 cm³/mol. The van der Waals surface area contributed by atoms with Crippen LogP contribution in [0.3, 0.4) is 0 Å². The van der Waals surface area contributed by atoms with Crippen molar-refractivity contribution in [2.24, 2.45) is 0 Å². The number of carbonyl (C=O) groups is 1. The van der Waals surface area contributed by atoms with E-state index in [0.717, 1.165) is 49.1 Å². The molecule has 2 atom stereocenters. The highest BCUT2D eigenvalue weighted by molar-refractivity contribution is 7.89. The fraction of sp³-hybridized carbons (Fsp3) is 0.406. The van der Waals surface area contributed by atoms with Gasteiger partial charge in [0, 0.05) is 50.2 Å². The summed E-state index contributed by atoms with van der Waals surface area (Å²) in [5.41, 5.74) is 2.80. The molecule has 4 aliphatic heterocycles. The number of ether oxygens (including phenoxy) is 1. The third-order valence-electron chi connectivity index (χ3n) is 9.39. The standard InChI is InChI=1S/C32H32ClF2N3O4S/c33-27-17-29(35)28(34)16-26(27)32(39)36-18-23-6-7-24(19-36)38(23)30-15-25(14-22-10-13-42-31(22)30)43(40,41)37-11-8-21(9-12-37)20-4-2-1-3-5-20/h1-5,14-17,21,23-24H,6-13,18-19H2/t23-,24+. The number of benzene rings is 3. The molecule has 0 saturated carbocycles. The molecule has 4 aliphatic rings. The number of fused-ring (bicyclic) bond motifs is 3. The molecule has 0 aromatic heterocycles. The average Bonchev–Trinajstić information content (AvgIpc) is 3.60. The summed E-state index contributed by atoms with van der Waals surface area (Å²) < 4.78 is 63.2. The fourth-order valence-electron chi connectivity index (χ4n) is 7.22. The van der Waals surface area contributed by atoms with Crippen LogP contribution in [0.25, 0.3) is 0 Å². The summed E-state index contributed by atoms with van der Waals surface area (Å²) in [6.07, 6.45) is 3.78. The maximum atomic E-state index is 14.0. The number of rotatable bonds is 5. The monoisotopic (exact) mass is 627 g/mol. The van der Waals surface area contributed by atoms with E-state index in [0.29, 0.717) is 50.9 Å². The van der Waals surface area contributed by atoms with Gasteiger partial charge in [0.05, 0.1) is 27.8 Å². The molecular formula is C32H32ClF2N3O4S. The Labute approximate surface area is 255 Å². The van der Waals surface area contributed by atoms with E-state index >= 15 is 0 Å². The van der Waals surface area contributed by atoms with E-state index in [1.807, 2.05) is 18.2 Å². The topological polar surface area (TPSA) is 70.2 Å². The lowest BCUT2D eigenvalue weighted by Crippen LogP contribution is -2.55. The first kappa shape index (κ1) is 28.6. The maximum absolute atomic E-state index is 14.0. The lowest BCUT2D eigenvalue weighted by molar-refractivity contribution is 0.0717. The quantitative estimate of drug-likeness (QED) is 0.344. The molecule has 43 heavy (non-hydrogen) atoms. The lowest BCUT2D eigenvalue weighted by atomic mass is 9.90. The van der Waals surface area contributed by atoms with E-state index in [-0.39, 0.29) is 27.6 Å². The third-order valence-corrected chi connectivity index (χ3v) is 11.6. The lowest BCUT2D eigenvalue weighted by Gasteiger charge is -2.43. The number of hydrogen-bond acceptors (Lipinski definition) is 5. The SMILES string of the molecule is O=C(c1cc(F)c(F)cc1Cl)N1C[C@H]2CC[C@@H](C1)N2c1cc(S(=O)(=O)N2CCC(c3ccccc3)CC2)cc2c1OCC2. The molecule has 4 heterocycles. The molecule has 0 radical (unpaired) electrons. The van der Waals surface area contributed by atoms with Gasteiger partial charge in [0.1, 0.15) is 5.75 Å². The van der Waals surface area contributed by atoms with Gasteiger partial charge in [0.2, 0.25) is 10.0 Å². The summed E-state index contributed by atoms with van der Waals surface area (Å²) in [6.45, 7) is 2.11. The van der Waals surface area contributed by atoms with Gasteiger partial charge < -0.3 is 14.5 Å². The fourth-order valence-corrected chi connectivity index (χ4v) is 9.00. The Bertz CT molecular complexity index is 1670. The van der Waals surface area contributed by atoms with Gasteiger partial charge in [0.25, 0.3) is 5.91 Å². The molecule has 11 heteroatoms. The van der Waals surface area contributed by atoms with E-state index in [1.54, 1.807) is 21.3 Å². The highest BCUT2D eigenvalue weighted by Gasteiger charge is 2.44. The van der Waals surface area contributed by atoms with E-state index in [9.17, 15) is 22.0 Å². The van der Waals surface area contributed by atoms with Crippen molar-refractivity contribution in [3.63, 3.8) is 0 Å². The molecule has 0 N–H and O–H groups in total. The average molecular weight is 628 g/mol. The minimum Gasteiger partial charge on any atom is -0.491 e. The smallest absolute Gasteiger partial charge is 0.255 e. The van der Waals surface area contributed by atoms with E-state index in [2.05, 4.69) is 17.0 Å². The Kier molecular flexibility index (Phi) is 7.34. The minimum atomic E-state index is -3.73. The second kappa shape index (κ2) is 11.1. The van der Waals surface area contributed by atoms with Crippen molar-refractivity contribution in [3.05, 3.63) is 87.9 Å². The van der Waals surface area contributed by atoms with Crippen LogP contribution < -0.4 is 9.64 Å². The second-order valence-corrected chi connectivity index (χ2v) is 14.2. The molecule has 0 aliphatic carbocycles. The van der Waals surface area contributed by atoms with Gasteiger partial charge in [-0.25, -0.2) is 17.2 Å². The first-order valence-electron chi connectivity index (χ1n) is 14.8. The Hall–Kier alpha value is -3.21. The Morgan fingerprint density at radius 3 is 2.28 bits per heavy atom. The van der Waals surface area contributed by atoms with Crippen LogP contribution in [-0.2, 0) is 16.4 Å². The second-order valence-electron chi connectivity index (χ2n) is 11.9. The van der Waals surface area contributed by atoms with Crippen molar-refractivity contribution in [1.29, 1.82) is 0 Å². The molecule has 2 bridgehead atoms. The summed E-state index contributed by atoms with van der Waals surface area (Å²) >= 11 is 6.11. The zero-order valence-electron chi connectivity index (χ0n) is 23.5. The highest BCUT2D eigenvalue weighted by atomic mass is 35.5. The maximum Gasteiger partial charge on any atom is 0.255 e. The number of piperidine rings is 1. The third kappa shape index (κ3) is 5.07. The Morgan fingerprint density at radius 2 is 1.58 bits per heavy atom. The van der Waals surface area contributed by atoms with Crippen LogP contribution in [0.2, 0.25) is 5.02 Å². The molecule has 7 nitrogen and oxygen atoms in total. The van der Waals surface area contributed by atoms with Crippen LogP contribution in [0.1, 0.15) is 53.1 Å². The number of carbonyl (C=O) groups excluding carboxylic acids is 1. The number of amides is 1. The first-order chi connectivity index (χ1) is 20.7. The van der Waals surface area contributed by atoms with E-state index in [1.165, 1.54) is 5.56 Å². The van der Waals surface area contributed by atoms with Crippen molar-refractivity contribution >= 4 is 33.2 Å². The van der Waals surface area contributed by atoms with Crippen molar-refractivity contribution in [2.45, 2.75) is 55.0 Å². The van der Waals surface area contributed by atoms with Gasteiger partial charge in [-0.1, -0.05) is 41.9 Å². The number of likely N-dealkylation sites (tertiary alicyclic amines) is 1. The van der Waals surface area contributed by atoms with Gasteiger partial charge in [-0.15, -0.1) is 0 Å². The van der Waals surface area contributed by atoms with Gasteiger partial charge in [-0.2, -0.15) is 4.31 Å². The summed E-state index contributed by atoms with van der Waals surface area (Å²) in [4.78, 5) is 17.5.